The van der Waals surface area contributed by atoms with E-state index in [1.54, 1.807) is 12.1 Å². The van der Waals surface area contributed by atoms with Gasteiger partial charge in [0.1, 0.15) is 18.2 Å². The Morgan fingerprint density at radius 3 is 2.39 bits per heavy atom. The molecule has 1 amide bonds. The van der Waals surface area contributed by atoms with Gasteiger partial charge in [-0.05, 0) is 61.4 Å². The molecule has 0 radical (unpaired) electrons. The van der Waals surface area contributed by atoms with E-state index in [2.05, 4.69) is 4.90 Å². The lowest BCUT2D eigenvalue weighted by Gasteiger charge is -2.36. The molecule has 0 spiro atoms. The van der Waals surface area contributed by atoms with Crippen molar-refractivity contribution in [3.8, 4) is 5.75 Å². The maximum absolute atomic E-state index is 13.1. The molecule has 2 aliphatic rings. The number of hydrogen-bond donors (Lipinski definition) is 0. The van der Waals surface area contributed by atoms with E-state index in [0.29, 0.717) is 25.3 Å². The molecule has 2 fully saturated rings. The van der Waals surface area contributed by atoms with Crippen LogP contribution in [0.3, 0.4) is 0 Å². The first-order chi connectivity index (χ1) is 13.7. The molecule has 0 saturated carbocycles. The van der Waals surface area contributed by atoms with Gasteiger partial charge in [-0.1, -0.05) is 0 Å². The zero-order valence-corrected chi connectivity index (χ0v) is 15.9. The quantitative estimate of drug-likeness (QED) is 0.793. The summed E-state index contributed by atoms with van der Waals surface area (Å²) in [6.45, 7) is 4.13. The average molecular weight is 384 g/mol. The third-order valence-corrected chi connectivity index (χ3v) is 5.32. The van der Waals surface area contributed by atoms with Crippen LogP contribution in [0, 0.1) is 5.82 Å². The summed E-state index contributed by atoms with van der Waals surface area (Å²) in [4.78, 5) is 16.8. The largest absolute Gasteiger partial charge is 0.491 e. The molecule has 1 unspecified atom stereocenters. The number of carbonyl (C=O) groups is 1. The van der Waals surface area contributed by atoms with Crippen LogP contribution >= 0.6 is 0 Å². The van der Waals surface area contributed by atoms with E-state index in [9.17, 15) is 9.18 Å². The first kappa shape index (κ1) is 18.7. The summed E-state index contributed by atoms with van der Waals surface area (Å²) in [5, 5.41) is 0. The number of piperazine rings is 1. The molecule has 1 atom stereocenters. The van der Waals surface area contributed by atoms with Crippen molar-refractivity contribution >= 4 is 11.6 Å². The smallest absolute Gasteiger partial charge is 0.253 e. The van der Waals surface area contributed by atoms with Gasteiger partial charge in [-0.2, -0.15) is 0 Å². The van der Waals surface area contributed by atoms with Crippen molar-refractivity contribution < 1.29 is 18.7 Å². The summed E-state index contributed by atoms with van der Waals surface area (Å²) in [6.07, 6.45) is 2.31. The van der Waals surface area contributed by atoms with Gasteiger partial charge in [0.05, 0.1) is 6.10 Å². The Balaban J connectivity index is 1.29. The fourth-order valence-electron chi connectivity index (χ4n) is 3.66. The molecule has 2 aromatic rings. The van der Waals surface area contributed by atoms with Crippen LogP contribution < -0.4 is 9.64 Å². The molecule has 5 nitrogen and oxygen atoms in total. The molecule has 2 aliphatic heterocycles. The predicted molar refractivity (Wildman–Crippen MR) is 105 cm³/mol. The van der Waals surface area contributed by atoms with E-state index in [1.807, 2.05) is 29.2 Å². The number of amides is 1. The second kappa shape index (κ2) is 8.61. The number of halogens is 1. The van der Waals surface area contributed by atoms with Crippen LogP contribution in [0.4, 0.5) is 10.1 Å². The zero-order chi connectivity index (χ0) is 19.3. The van der Waals surface area contributed by atoms with Gasteiger partial charge < -0.3 is 19.3 Å². The van der Waals surface area contributed by atoms with Crippen LogP contribution in [0.15, 0.2) is 48.5 Å². The summed E-state index contributed by atoms with van der Waals surface area (Å²) in [5.41, 5.74) is 1.65. The Morgan fingerprint density at radius 1 is 1.04 bits per heavy atom. The highest BCUT2D eigenvalue weighted by Gasteiger charge is 2.22. The van der Waals surface area contributed by atoms with Gasteiger partial charge in [-0.3, -0.25) is 4.79 Å². The van der Waals surface area contributed by atoms with Crippen LogP contribution in [0.1, 0.15) is 23.2 Å². The Bertz CT molecular complexity index is 780. The summed E-state index contributed by atoms with van der Waals surface area (Å²) in [6, 6.07) is 13.8. The van der Waals surface area contributed by atoms with Gasteiger partial charge >= 0.3 is 0 Å². The summed E-state index contributed by atoms with van der Waals surface area (Å²) < 4.78 is 24.4. The number of rotatable bonds is 5. The van der Waals surface area contributed by atoms with E-state index in [1.165, 1.54) is 12.1 Å². The van der Waals surface area contributed by atoms with Gasteiger partial charge in [-0.15, -0.1) is 0 Å². The van der Waals surface area contributed by atoms with Crippen molar-refractivity contribution in [2.24, 2.45) is 0 Å². The molecule has 6 heteroatoms. The van der Waals surface area contributed by atoms with Crippen LogP contribution in [0.2, 0.25) is 0 Å². The SMILES string of the molecule is O=C(c1ccc(OCC2CCCO2)cc1)N1CCN(c2ccc(F)cc2)CC1. The highest BCUT2D eigenvalue weighted by Crippen LogP contribution is 2.20. The van der Waals surface area contributed by atoms with Crippen LogP contribution in [0.25, 0.3) is 0 Å². The second-order valence-electron chi connectivity index (χ2n) is 7.23. The summed E-state index contributed by atoms with van der Waals surface area (Å²) in [5.74, 6) is 0.554. The molecule has 0 aliphatic carbocycles. The monoisotopic (exact) mass is 384 g/mol. The predicted octanol–water partition coefficient (Wildman–Crippen LogP) is 3.35. The van der Waals surface area contributed by atoms with E-state index in [0.717, 1.165) is 44.0 Å². The molecule has 28 heavy (non-hydrogen) atoms. The topological polar surface area (TPSA) is 42.0 Å². The lowest BCUT2D eigenvalue weighted by atomic mass is 10.1. The fourth-order valence-corrected chi connectivity index (χ4v) is 3.66. The maximum Gasteiger partial charge on any atom is 0.253 e. The summed E-state index contributed by atoms with van der Waals surface area (Å²) in [7, 11) is 0. The van der Waals surface area contributed by atoms with Crippen LogP contribution in [-0.2, 0) is 4.74 Å². The minimum Gasteiger partial charge on any atom is -0.491 e. The normalized spacial score (nSPS) is 19.7. The first-order valence-corrected chi connectivity index (χ1v) is 9.83. The first-order valence-electron chi connectivity index (χ1n) is 9.83. The molecule has 2 aromatic carbocycles. The third kappa shape index (κ3) is 4.44. The van der Waals surface area contributed by atoms with Crippen LogP contribution in [0.5, 0.6) is 5.75 Å². The Hall–Kier alpha value is -2.60. The molecule has 2 heterocycles. The van der Waals surface area contributed by atoms with Gasteiger partial charge in [0, 0.05) is 44.0 Å². The molecule has 0 aromatic heterocycles. The van der Waals surface area contributed by atoms with Gasteiger partial charge in [0.15, 0.2) is 0 Å². The standard InChI is InChI=1S/C22H25FN2O3/c23-18-5-7-19(8-6-18)24-11-13-25(14-12-24)22(26)17-3-9-20(10-4-17)28-16-21-2-1-15-27-21/h3-10,21H,1-2,11-16H2. The molecule has 0 N–H and O–H groups in total. The number of hydrogen-bond acceptors (Lipinski definition) is 4. The molecule has 2 saturated heterocycles. The average Bonchev–Trinajstić information content (AvgIpc) is 3.27. The number of benzene rings is 2. The van der Waals surface area contributed by atoms with Crippen molar-refractivity contribution in [3.05, 3.63) is 59.9 Å². The van der Waals surface area contributed by atoms with E-state index < -0.39 is 0 Å². The molecule has 0 bridgehead atoms. The van der Waals surface area contributed by atoms with Crippen molar-refractivity contribution in [1.29, 1.82) is 0 Å². The van der Waals surface area contributed by atoms with Gasteiger partial charge in [0.2, 0.25) is 0 Å². The molecule has 148 valence electrons. The van der Waals surface area contributed by atoms with E-state index >= 15 is 0 Å². The maximum atomic E-state index is 13.1. The Kier molecular flexibility index (Phi) is 5.76. The van der Waals surface area contributed by atoms with Crippen LogP contribution in [-0.4, -0.2) is 56.3 Å². The minimum absolute atomic E-state index is 0.0319. The van der Waals surface area contributed by atoms with Crippen molar-refractivity contribution in [2.75, 3.05) is 44.3 Å². The van der Waals surface area contributed by atoms with Gasteiger partial charge in [0.25, 0.3) is 5.91 Å². The molecular weight excluding hydrogens is 359 g/mol. The highest BCUT2D eigenvalue weighted by atomic mass is 19.1. The lowest BCUT2D eigenvalue weighted by molar-refractivity contribution is 0.0678. The Labute approximate surface area is 164 Å². The zero-order valence-electron chi connectivity index (χ0n) is 15.9. The van der Waals surface area contributed by atoms with E-state index in [-0.39, 0.29) is 17.8 Å². The van der Waals surface area contributed by atoms with E-state index in [4.69, 9.17) is 9.47 Å². The second-order valence-corrected chi connectivity index (χ2v) is 7.23. The van der Waals surface area contributed by atoms with Crippen molar-refractivity contribution in [2.45, 2.75) is 18.9 Å². The number of ether oxygens (including phenoxy) is 2. The minimum atomic E-state index is -0.235. The lowest BCUT2D eigenvalue weighted by Crippen LogP contribution is -2.48. The molecule has 4 rings (SSSR count). The fraction of sp³-hybridized carbons (Fsp3) is 0.409. The van der Waals surface area contributed by atoms with Crippen molar-refractivity contribution in [1.82, 2.24) is 4.90 Å². The van der Waals surface area contributed by atoms with Gasteiger partial charge in [-0.25, -0.2) is 4.39 Å². The number of nitrogens with zero attached hydrogens (tertiary/aromatic N) is 2. The summed E-state index contributed by atoms with van der Waals surface area (Å²) >= 11 is 0. The Morgan fingerprint density at radius 2 is 1.75 bits per heavy atom. The molecular formula is C22H25FN2O3. The third-order valence-electron chi connectivity index (χ3n) is 5.32. The number of carbonyl (C=O) groups excluding carboxylic acids is 1. The highest BCUT2D eigenvalue weighted by molar-refractivity contribution is 5.94. The van der Waals surface area contributed by atoms with Crippen molar-refractivity contribution in [3.63, 3.8) is 0 Å². The number of anilines is 1.